The summed E-state index contributed by atoms with van der Waals surface area (Å²) in [6.45, 7) is 6.06. The summed E-state index contributed by atoms with van der Waals surface area (Å²) in [5, 5.41) is 16.3. The molecule has 2 aliphatic rings. The van der Waals surface area contributed by atoms with E-state index in [0.29, 0.717) is 5.56 Å². The van der Waals surface area contributed by atoms with Gasteiger partial charge in [0.05, 0.1) is 28.4 Å². The van der Waals surface area contributed by atoms with Gasteiger partial charge in [-0.15, -0.1) is 5.10 Å². The zero-order chi connectivity index (χ0) is 37.1. The molecule has 1 aliphatic carbocycles. The Morgan fingerprint density at radius 1 is 1.06 bits per heavy atom. The molecule has 2 aromatic heterocycles. The lowest BCUT2D eigenvalue weighted by Crippen LogP contribution is -2.54. The van der Waals surface area contributed by atoms with Crippen molar-refractivity contribution in [1.82, 2.24) is 25.7 Å². The smallest absolute Gasteiger partial charge is 0.444 e. The van der Waals surface area contributed by atoms with Crippen molar-refractivity contribution in [2.75, 3.05) is 16.0 Å². The Bertz CT molecular complexity index is 2090. The number of aromatic nitrogens is 4. The maximum atomic E-state index is 14.1. The monoisotopic (exact) mass is 739 g/mol. The molecule has 2 amide bonds. The normalized spacial score (nSPS) is 19.4. The van der Waals surface area contributed by atoms with Crippen LogP contribution in [0.15, 0.2) is 56.3 Å². The average Bonchev–Trinajstić information content (AvgIpc) is 3.66. The van der Waals surface area contributed by atoms with Crippen LogP contribution in [0.5, 0.6) is 0 Å². The molecule has 1 atom stereocenters. The quantitative estimate of drug-likeness (QED) is 0.224. The van der Waals surface area contributed by atoms with Crippen LogP contribution in [-0.2, 0) is 32.1 Å². The van der Waals surface area contributed by atoms with Gasteiger partial charge < -0.3 is 29.2 Å². The second-order valence-corrected chi connectivity index (χ2v) is 15.5. The summed E-state index contributed by atoms with van der Waals surface area (Å²) in [6, 6.07) is 7.88. The van der Waals surface area contributed by atoms with Gasteiger partial charge in [-0.3, -0.25) is 4.79 Å². The van der Waals surface area contributed by atoms with Crippen molar-refractivity contribution < 1.29 is 53.6 Å². The first kappa shape index (κ1) is 35.7. The Morgan fingerprint density at radius 2 is 1.73 bits per heavy atom. The molecule has 20 heteroatoms. The van der Waals surface area contributed by atoms with Gasteiger partial charge >= 0.3 is 24.2 Å². The fraction of sp³-hybridized carbons (Fsp3) is 0.419. The van der Waals surface area contributed by atoms with Crippen LogP contribution in [0.1, 0.15) is 52.0 Å². The minimum Gasteiger partial charge on any atom is -0.444 e. The fourth-order valence-corrected chi connectivity index (χ4v) is 7.36. The molecule has 0 bridgehead atoms. The maximum Gasteiger partial charge on any atom is 0.471 e. The molecule has 272 valence electrons. The van der Waals surface area contributed by atoms with Gasteiger partial charge in [-0.1, -0.05) is 34.5 Å². The number of sulfone groups is 1. The minimum atomic E-state index is -4.85. The highest BCUT2D eigenvalue weighted by atomic mass is 32.2. The topological polar surface area (TPSA) is 183 Å². The van der Waals surface area contributed by atoms with Gasteiger partial charge in [-0.05, 0) is 51.5 Å². The number of carbonyl (C=O) groups is 2. The first-order chi connectivity index (χ1) is 23.6. The van der Waals surface area contributed by atoms with E-state index in [1.54, 1.807) is 27.7 Å². The van der Waals surface area contributed by atoms with Crippen LogP contribution in [0.4, 0.5) is 38.4 Å². The number of halogens is 5. The number of rotatable bonds is 7. The van der Waals surface area contributed by atoms with Crippen molar-refractivity contribution in [3.05, 3.63) is 53.9 Å². The molecule has 1 fully saturated rings. The van der Waals surface area contributed by atoms with E-state index < -0.39 is 75.6 Å². The van der Waals surface area contributed by atoms with Gasteiger partial charge in [0.15, 0.2) is 9.84 Å². The van der Waals surface area contributed by atoms with E-state index in [-0.39, 0.29) is 46.0 Å². The number of nitrogens with one attached hydrogen (secondary N) is 2. The third-order valence-corrected chi connectivity index (χ3v) is 9.61. The standard InChI is InChI=1S/C31H30F5N7O7S/c1-28(2,3)49-27(45)37-19-13-51(46,47)21-10-9-18(23-40-41-26(48-23)39-29(4)14-30(32,33)15-29)11-20(21)43(24(19)44)12-16-5-7-17(8-6-16)22-38-25(50-42-22)31(34,35)36/h5-11,19H,12-15H2,1-4H3,(H,37,45)(H,39,41)/t19-/m0/s1. The van der Waals surface area contributed by atoms with E-state index in [4.69, 9.17) is 9.15 Å². The molecule has 0 radical (unpaired) electrons. The number of alkyl halides is 5. The SMILES string of the molecule is CC1(Nc2nnc(-c3ccc4c(c3)N(Cc3ccc(-c5noc(C(F)(F)F)n5)cc3)C(=O)[C@@H](NC(=O)OC(C)(C)C)CS4(=O)=O)o2)CC(F)(F)C1. The molecule has 2 aromatic carbocycles. The summed E-state index contributed by atoms with van der Waals surface area (Å²) in [5.41, 5.74) is -1.33. The van der Waals surface area contributed by atoms with Crippen LogP contribution in [0.2, 0.25) is 0 Å². The second-order valence-electron chi connectivity index (χ2n) is 13.5. The zero-order valence-corrected chi connectivity index (χ0v) is 28.2. The van der Waals surface area contributed by atoms with E-state index >= 15 is 0 Å². The van der Waals surface area contributed by atoms with Gasteiger partial charge in [-0.2, -0.15) is 18.2 Å². The Balaban J connectivity index is 1.34. The van der Waals surface area contributed by atoms with Gasteiger partial charge in [-0.25, -0.2) is 22.0 Å². The van der Waals surface area contributed by atoms with Crippen molar-refractivity contribution in [3.63, 3.8) is 0 Å². The third kappa shape index (κ3) is 7.79. The first-order valence-corrected chi connectivity index (χ1v) is 16.9. The highest BCUT2D eigenvalue weighted by Gasteiger charge is 2.54. The Morgan fingerprint density at radius 3 is 2.33 bits per heavy atom. The molecule has 6 rings (SSSR count). The number of fused-ring (bicyclic) bond motifs is 1. The van der Waals surface area contributed by atoms with E-state index in [9.17, 15) is 40.0 Å². The van der Waals surface area contributed by atoms with Crippen molar-refractivity contribution in [3.8, 4) is 22.8 Å². The first-order valence-electron chi connectivity index (χ1n) is 15.3. The molecule has 14 nitrogen and oxygen atoms in total. The molecule has 2 N–H and O–H groups in total. The van der Waals surface area contributed by atoms with Crippen LogP contribution < -0.4 is 15.5 Å². The van der Waals surface area contributed by atoms with Crippen LogP contribution in [0, 0.1) is 0 Å². The van der Waals surface area contributed by atoms with Gasteiger partial charge in [0, 0.05) is 24.0 Å². The van der Waals surface area contributed by atoms with E-state index in [1.807, 2.05) is 0 Å². The summed E-state index contributed by atoms with van der Waals surface area (Å²) in [4.78, 5) is 31.0. The lowest BCUT2D eigenvalue weighted by molar-refractivity contribution is -0.159. The Hall–Kier alpha value is -5.14. The fourth-order valence-electron chi connectivity index (χ4n) is 5.75. The van der Waals surface area contributed by atoms with Gasteiger partial charge in [0.1, 0.15) is 11.6 Å². The molecule has 0 unspecified atom stereocenters. The molecule has 4 aromatic rings. The minimum absolute atomic E-state index is 0.110. The predicted molar refractivity (Wildman–Crippen MR) is 167 cm³/mol. The number of carbonyl (C=O) groups excluding carboxylic acids is 2. The second kappa shape index (κ2) is 12.3. The number of hydrogen-bond acceptors (Lipinski definition) is 12. The van der Waals surface area contributed by atoms with Crippen LogP contribution in [0.3, 0.4) is 0 Å². The number of benzene rings is 2. The summed E-state index contributed by atoms with van der Waals surface area (Å²) >= 11 is 0. The van der Waals surface area contributed by atoms with Crippen LogP contribution in [0.25, 0.3) is 22.8 Å². The number of alkyl carbamates (subject to hydrolysis) is 1. The molecule has 1 aliphatic heterocycles. The highest BCUT2D eigenvalue weighted by molar-refractivity contribution is 7.91. The molecular formula is C31H30F5N7O7S. The summed E-state index contributed by atoms with van der Waals surface area (Å²) in [7, 11) is -4.25. The third-order valence-electron chi connectivity index (χ3n) is 7.83. The number of anilines is 2. The Labute approximate surface area is 286 Å². The molecule has 0 saturated heterocycles. The number of hydrogen-bond donors (Lipinski definition) is 2. The zero-order valence-electron chi connectivity index (χ0n) is 27.3. The highest BCUT2D eigenvalue weighted by Crippen LogP contribution is 2.47. The van der Waals surface area contributed by atoms with E-state index in [1.165, 1.54) is 42.5 Å². The van der Waals surface area contributed by atoms with Crippen molar-refractivity contribution >= 4 is 33.5 Å². The summed E-state index contributed by atoms with van der Waals surface area (Å²) in [5.74, 6) is -6.46. The van der Waals surface area contributed by atoms with Crippen LogP contribution in [-0.4, -0.2) is 69.6 Å². The van der Waals surface area contributed by atoms with Crippen molar-refractivity contribution in [2.45, 2.75) is 81.3 Å². The average molecular weight is 740 g/mol. The Kier molecular flexibility index (Phi) is 8.58. The molecule has 3 heterocycles. The largest absolute Gasteiger partial charge is 0.471 e. The lowest BCUT2D eigenvalue weighted by atomic mass is 9.75. The lowest BCUT2D eigenvalue weighted by Gasteiger charge is -2.44. The van der Waals surface area contributed by atoms with Crippen molar-refractivity contribution in [1.29, 1.82) is 0 Å². The van der Waals surface area contributed by atoms with E-state index in [2.05, 4.69) is 35.5 Å². The molecule has 1 saturated carbocycles. The van der Waals surface area contributed by atoms with E-state index in [0.717, 1.165) is 4.90 Å². The summed E-state index contributed by atoms with van der Waals surface area (Å²) < 4.78 is 109. The maximum absolute atomic E-state index is 14.1. The van der Waals surface area contributed by atoms with Crippen LogP contribution >= 0.6 is 0 Å². The van der Waals surface area contributed by atoms with Crippen molar-refractivity contribution in [2.24, 2.45) is 0 Å². The van der Waals surface area contributed by atoms with Gasteiger partial charge in [0.25, 0.3) is 11.8 Å². The number of nitrogens with zero attached hydrogens (tertiary/aromatic N) is 5. The predicted octanol–water partition coefficient (Wildman–Crippen LogP) is 5.62. The molecule has 51 heavy (non-hydrogen) atoms. The van der Waals surface area contributed by atoms with Gasteiger partial charge in [0.2, 0.25) is 11.7 Å². The number of ether oxygens (including phenoxy) is 1. The summed E-state index contributed by atoms with van der Waals surface area (Å²) in [6.07, 6.45) is -6.78. The molecular weight excluding hydrogens is 709 g/mol. The molecule has 0 spiro atoms. The number of amides is 2.